The summed E-state index contributed by atoms with van der Waals surface area (Å²) in [6.07, 6.45) is 3.44. The van der Waals surface area contributed by atoms with Crippen LogP contribution >= 0.6 is 0 Å². The Balaban J connectivity index is 1.18. The van der Waals surface area contributed by atoms with Crippen LogP contribution < -0.4 is 9.47 Å². The van der Waals surface area contributed by atoms with Gasteiger partial charge in [0.05, 0.1) is 51.4 Å². The van der Waals surface area contributed by atoms with Crippen molar-refractivity contribution in [2.75, 3.05) is 33.0 Å². The zero-order chi connectivity index (χ0) is 52.2. The average Bonchev–Trinajstić information content (AvgIpc) is 3.52. The summed E-state index contributed by atoms with van der Waals surface area (Å²) < 4.78 is 49.0. The van der Waals surface area contributed by atoms with Crippen LogP contribution in [0.4, 0.5) is 0 Å². The zero-order valence-electron chi connectivity index (χ0n) is 41.2. The summed E-state index contributed by atoms with van der Waals surface area (Å²) in [4.78, 5) is 66.3. The fraction of sp³-hybridized carbons (Fsp3) is 0.463. The minimum Gasteiger partial charge on any atom is -0.465 e. The van der Waals surface area contributed by atoms with Crippen LogP contribution in [-0.4, -0.2) is 115 Å². The smallest absolute Gasteiger partial charge is 0.339 e. The number of benzene rings is 3. The van der Waals surface area contributed by atoms with Gasteiger partial charge in [-0.15, -0.1) is 0 Å². The molecule has 0 radical (unpaired) electrons. The van der Waals surface area contributed by atoms with Crippen LogP contribution in [0.1, 0.15) is 101 Å². The number of carbonyl (C=O) groups is 5. The summed E-state index contributed by atoms with van der Waals surface area (Å²) in [6.45, 7) is 11.0. The maximum absolute atomic E-state index is 13.8. The Kier molecular flexibility index (Phi) is 22.3. The molecule has 0 heterocycles. The van der Waals surface area contributed by atoms with Crippen molar-refractivity contribution < 1.29 is 87.0 Å². The number of hydrogen-bond acceptors (Lipinski definition) is 18. The van der Waals surface area contributed by atoms with Gasteiger partial charge in [-0.2, -0.15) is 0 Å². The second-order valence-electron chi connectivity index (χ2n) is 17.7. The second kappa shape index (κ2) is 28.2. The molecule has 0 saturated heterocycles. The third-order valence-corrected chi connectivity index (χ3v) is 11.6. The predicted octanol–water partition coefficient (Wildman–Crippen LogP) is 6.68. The van der Waals surface area contributed by atoms with Crippen molar-refractivity contribution in [3.63, 3.8) is 0 Å². The van der Waals surface area contributed by atoms with Crippen molar-refractivity contribution in [1.29, 1.82) is 0 Å². The Labute approximate surface area is 418 Å². The molecular formula is C54H66O18. The molecule has 2 aliphatic rings. The van der Waals surface area contributed by atoms with Crippen molar-refractivity contribution in [3.8, 4) is 11.5 Å². The van der Waals surface area contributed by atoms with E-state index in [0.29, 0.717) is 47.8 Å². The average molecular weight is 1000 g/mol. The summed E-state index contributed by atoms with van der Waals surface area (Å²) in [7, 11) is 0. The summed E-state index contributed by atoms with van der Waals surface area (Å²) in [6, 6.07) is 14.7. The Morgan fingerprint density at radius 1 is 0.722 bits per heavy atom. The molecule has 72 heavy (non-hydrogen) atoms. The molecule has 18 nitrogen and oxygen atoms in total. The van der Waals surface area contributed by atoms with Crippen LogP contribution in [0.25, 0.3) is 16.8 Å². The first kappa shape index (κ1) is 56.8. The van der Waals surface area contributed by atoms with Gasteiger partial charge in [0.1, 0.15) is 28.8 Å². The Morgan fingerprint density at radius 3 is 1.99 bits per heavy atom. The molecule has 18 heteroatoms. The molecule has 5 rings (SSSR count). The van der Waals surface area contributed by atoms with Crippen molar-refractivity contribution in [3.05, 3.63) is 114 Å². The standard InChI is InChI=1S/C54H66O18/c1-6-45(55)64-26-28-66-47(57)18-20-49(59)69-42-14-12-35-30-39(10-8-37(35)32-42)51(61)71-41-16-17-44(54(5,24-22-41)53(63)68-25-23-34(3)4)72-52(62)40-11-9-38-33-43(15-13-36(38)31-40)70-50(60)21-19-48(58)67-29-27-65-46(56)7-2/h7,9,11-16,22,24,30-34,44-48,55-58H,2,6,8,10,17-21,23,25-29H2,1,3-5H3. The third kappa shape index (κ3) is 17.9. The maximum Gasteiger partial charge on any atom is 0.339 e. The van der Waals surface area contributed by atoms with Crippen LogP contribution in [0.3, 0.4) is 0 Å². The molecule has 0 spiro atoms. The van der Waals surface area contributed by atoms with Gasteiger partial charge in [0.15, 0.2) is 25.2 Å². The highest BCUT2D eigenvalue weighted by atomic mass is 16.6. The molecule has 390 valence electrons. The fourth-order valence-electron chi connectivity index (χ4n) is 7.29. The maximum atomic E-state index is 13.8. The minimum atomic E-state index is -1.48. The van der Waals surface area contributed by atoms with Gasteiger partial charge in [0.25, 0.3) is 0 Å². The van der Waals surface area contributed by atoms with Crippen LogP contribution in [0.5, 0.6) is 11.5 Å². The Morgan fingerprint density at radius 2 is 1.33 bits per heavy atom. The lowest BCUT2D eigenvalue weighted by Crippen LogP contribution is -2.42. The summed E-state index contributed by atoms with van der Waals surface area (Å²) in [5.74, 6) is -2.16. The number of rotatable bonds is 28. The highest BCUT2D eigenvalue weighted by molar-refractivity contribution is 5.97. The first-order valence-electron chi connectivity index (χ1n) is 24.1. The van der Waals surface area contributed by atoms with Gasteiger partial charge in [-0.05, 0) is 121 Å². The number of ether oxygens (including phenoxy) is 9. The number of aryl methyl sites for hydroxylation is 1. The lowest BCUT2D eigenvalue weighted by Gasteiger charge is -2.31. The first-order chi connectivity index (χ1) is 34.5. The molecule has 0 aliphatic heterocycles. The van der Waals surface area contributed by atoms with Crippen molar-refractivity contribution in [2.45, 2.75) is 117 Å². The molecule has 3 aromatic carbocycles. The Bertz CT molecular complexity index is 2440. The Hall–Kier alpha value is -6.09. The fourth-order valence-corrected chi connectivity index (χ4v) is 7.29. The number of carbonyl (C=O) groups excluding carboxylic acids is 5. The van der Waals surface area contributed by atoms with Crippen LogP contribution in [0.15, 0.2) is 96.8 Å². The van der Waals surface area contributed by atoms with Crippen molar-refractivity contribution in [1.82, 2.24) is 0 Å². The predicted molar refractivity (Wildman–Crippen MR) is 260 cm³/mol. The number of hydrogen-bond donors (Lipinski definition) is 4. The lowest BCUT2D eigenvalue weighted by molar-refractivity contribution is -0.158. The topological polar surface area (TPSA) is 249 Å². The van der Waals surface area contributed by atoms with E-state index in [4.69, 9.17) is 42.6 Å². The number of fused-ring (bicyclic) bond motifs is 2. The van der Waals surface area contributed by atoms with Gasteiger partial charge >= 0.3 is 29.8 Å². The molecule has 6 unspecified atom stereocenters. The summed E-state index contributed by atoms with van der Waals surface area (Å²) in [5, 5.41) is 40.1. The van der Waals surface area contributed by atoms with Crippen LogP contribution in [0.2, 0.25) is 0 Å². The summed E-state index contributed by atoms with van der Waals surface area (Å²) >= 11 is 0. The monoisotopic (exact) mass is 1000 g/mol. The van der Waals surface area contributed by atoms with Gasteiger partial charge in [-0.25, -0.2) is 9.59 Å². The molecule has 0 aromatic heterocycles. The zero-order valence-corrected chi connectivity index (χ0v) is 41.2. The van der Waals surface area contributed by atoms with Crippen molar-refractivity contribution >= 4 is 46.7 Å². The van der Waals surface area contributed by atoms with E-state index in [9.17, 15) is 44.4 Å². The van der Waals surface area contributed by atoms with E-state index >= 15 is 0 Å². The molecule has 0 fully saturated rings. The highest BCUT2D eigenvalue weighted by Crippen LogP contribution is 2.36. The lowest BCUT2D eigenvalue weighted by atomic mass is 9.82. The van der Waals surface area contributed by atoms with Crippen molar-refractivity contribution in [2.24, 2.45) is 11.3 Å². The van der Waals surface area contributed by atoms with E-state index in [-0.39, 0.29) is 88.1 Å². The molecule has 0 amide bonds. The molecular weight excluding hydrogens is 937 g/mol. The molecule has 4 N–H and O–H groups in total. The van der Waals surface area contributed by atoms with Gasteiger partial charge in [-0.3, -0.25) is 14.4 Å². The van der Waals surface area contributed by atoms with E-state index < -0.39 is 66.5 Å². The quantitative estimate of drug-likeness (QED) is 0.0148. The first-order valence-corrected chi connectivity index (χ1v) is 24.1. The van der Waals surface area contributed by atoms with Gasteiger partial charge in [0, 0.05) is 24.8 Å². The largest absolute Gasteiger partial charge is 0.465 e. The molecule has 3 aromatic rings. The van der Waals surface area contributed by atoms with E-state index in [0.717, 1.165) is 11.1 Å². The summed E-state index contributed by atoms with van der Waals surface area (Å²) in [5.41, 5.74) is 0.679. The number of esters is 5. The van der Waals surface area contributed by atoms with Gasteiger partial charge in [0.2, 0.25) is 0 Å². The minimum absolute atomic E-state index is 0.00211. The molecule has 0 saturated carbocycles. The number of aliphatic hydroxyl groups excluding tert-OH is 4. The SMILES string of the molecule is C=CC(O)OCCOC(O)CCC(=O)Oc1ccc2cc(C(=O)OC3CC=C(OC(=O)C4=Cc5ccc(OC(=O)CCC(O)OCCOC(O)CC)cc5CC4)C=CC3(C)C(=O)OCCC(C)C)ccc2c1. The van der Waals surface area contributed by atoms with Gasteiger partial charge < -0.3 is 63.1 Å². The molecule has 6 atom stereocenters. The normalized spacial score (nSPS) is 18.1. The molecule has 0 bridgehead atoms. The van der Waals surface area contributed by atoms with Crippen LogP contribution in [0, 0.1) is 11.3 Å². The second-order valence-corrected chi connectivity index (χ2v) is 17.7. The van der Waals surface area contributed by atoms with E-state index in [1.807, 2.05) is 13.8 Å². The number of aliphatic hydroxyl groups is 4. The van der Waals surface area contributed by atoms with E-state index in [2.05, 4.69) is 6.58 Å². The third-order valence-electron chi connectivity index (χ3n) is 11.6. The highest BCUT2D eigenvalue weighted by Gasteiger charge is 2.44. The van der Waals surface area contributed by atoms with Gasteiger partial charge in [-0.1, -0.05) is 51.6 Å². The molecule has 2 aliphatic carbocycles. The van der Waals surface area contributed by atoms with E-state index in [1.54, 1.807) is 80.6 Å². The van der Waals surface area contributed by atoms with Crippen LogP contribution in [-0.2, 0) is 58.8 Å². The number of allylic oxidation sites excluding steroid dienone is 1. The van der Waals surface area contributed by atoms with E-state index in [1.165, 1.54) is 18.2 Å².